The third-order valence-corrected chi connectivity index (χ3v) is 23.6. The lowest BCUT2D eigenvalue weighted by atomic mass is 9.79. The summed E-state index contributed by atoms with van der Waals surface area (Å²) in [6, 6.07) is -0.465. The number of nitrogens with one attached hydrogen (secondary N) is 1. The van der Waals surface area contributed by atoms with Crippen LogP contribution in [0.2, 0.25) is 36.3 Å². The molecule has 1 fully saturated rings. The molecule has 0 aromatic rings. The van der Waals surface area contributed by atoms with Gasteiger partial charge in [0.15, 0.2) is 0 Å². The minimum absolute atomic E-state index is 0.00995. The van der Waals surface area contributed by atoms with Crippen molar-refractivity contribution in [1.82, 2.24) is 5.32 Å². The summed E-state index contributed by atoms with van der Waals surface area (Å²) >= 11 is 0. The van der Waals surface area contributed by atoms with E-state index in [1.807, 2.05) is 0 Å². The number of amides is 2. The lowest BCUT2D eigenvalue weighted by molar-refractivity contribution is 0.0381. The van der Waals surface area contributed by atoms with Crippen molar-refractivity contribution in [2.75, 3.05) is 0 Å². The standard InChI is InChI=1S/C18H40N2O2Si2/c1-16(2,3)23(7,8)18(22,24(9,10)17(4,5)6)13-11-12-14(13)20-15(19)21/h13-14,22H,11-12H2,1-10H3,(H3,19,20,21). The van der Waals surface area contributed by atoms with Gasteiger partial charge in [-0.05, 0) is 22.9 Å². The SMILES string of the molecule is CC(C)(C)[Si](C)(C)C(O)(C1CCC1NC(N)=O)[Si](C)(C)C(C)(C)C. The van der Waals surface area contributed by atoms with Crippen molar-refractivity contribution in [1.29, 1.82) is 0 Å². The van der Waals surface area contributed by atoms with Crippen molar-refractivity contribution in [3.05, 3.63) is 0 Å². The minimum atomic E-state index is -2.10. The summed E-state index contributed by atoms with van der Waals surface area (Å²) in [6.07, 6.45) is 1.89. The molecular weight excluding hydrogens is 332 g/mol. The van der Waals surface area contributed by atoms with Crippen LogP contribution >= 0.6 is 0 Å². The predicted molar refractivity (Wildman–Crippen MR) is 109 cm³/mol. The molecule has 4 nitrogen and oxygen atoms in total. The van der Waals surface area contributed by atoms with Gasteiger partial charge in [0.25, 0.3) is 0 Å². The van der Waals surface area contributed by atoms with Crippen LogP contribution in [0.15, 0.2) is 0 Å². The second-order valence-corrected chi connectivity index (χ2v) is 22.3. The number of carbonyl (C=O) groups excluding carboxylic acids is 1. The van der Waals surface area contributed by atoms with Gasteiger partial charge in [-0.2, -0.15) is 0 Å². The zero-order valence-corrected chi connectivity index (χ0v) is 19.5. The van der Waals surface area contributed by atoms with E-state index in [0.717, 1.165) is 12.8 Å². The maximum absolute atomic E-state index is 12.5. The first-order chi connectivity index (χ1) is 10.4. The van der Waals surface area contributed by atoms with Crippen molar-refractivity contribution >= 4 is 22.2 Å². The molecule has 1 saturated carbocycles. The van der Waals surface area contributed by atoms with Crippen LogP contribution in [0.1, 0.15) is 54.4 Å². The summed E-state index contributed by atoms with van der Waals surface area (Å²) in [7, 11) is -4.21. The average molecular weight is 373 g/mol. The quantitative estimate of drug-likeness (QED) is 0.645. The first-order valence-corrected chi connectivity index (χ1v) is 15.2. The van der Waals surface area contributed by atoms with Crippen LogP contribution in [0.5, 0.6) is 0 Å². The summed E-state index contributed by atoms with van der Waals surface area (Å²) in [5.41, 5.74) is 5.39. The van der Waals surface area contributed by atoms with E-state index in [1.165, 1.54) is 0 Å². The Bertz CT molecular complexity index is 464. The van der Waals surface area contributed by atoms with Crippen molar-refractivity contribution in [3.8, 4) is 0 Å². The van der Waals surface area contributed by atoms with Gasteiger partial charge in [0.1, 0.15) is 0 Å². The highest BCUT2D eigenvalue weighted by atomic mass is 28.4. The summed E-state index contributed by atoms with van der Waals surface area (Å²) in [5, 5.41) is 15.5. The van der Waals surface area contributed by atoms with Gasteiger partial charge in [0, 0.05) is 12.0 Å². The van der Waals surface area contributed by atoms with E-state index in [0.29, 0.717) is 0 Å². The molecule has 1 aliphatic carbocycles. The van der Waals surface area contributed by atoms with Crippen LogP contribution in [-0.4, -0.2) is 38.2 Å². The molecule has 1 rings (SSSR count). The summed E-state index contributed by atoms with van der Waals surface area (Å²) < 4.78 is 0. The van der Waals surface area contributed by atoms with E-state index in [2.05, 4.69) is 73.0 Å². The Morgan fingerprint density at radius 2 is 1.33 bits per heavy atom. The smallest absolute Gasteiger partial charge is 0.312 e. The Hall–Kier alpha value is -0.336. The Morgan fingerprint density at radius 3 is 1.54 bits per heavy atom. The molecule has 1 aliphatic rings. The molecule has 0 aliphatic heterocycles. The van der Waals surface area contributed by atoms with E-state index >= 15 is 0 Å². The van der Waals surface area contributed by atoms with E-state index < -0.39 is 27.0 Å². The first-order valence-electron chi connectivity index (χ1n) is 9.19. The highest BCUT2D eigenvalue weighted by molar-refractivity contribution is 7.01. The molecule has 0 saturated heterocycles. The van der Waals surface area contributed by atoms with E-state index in [4.69, 9.17) is 5.73 Å². The highest BCUT2D eigenvalue weighted by Crippen LogP contribution is 2.58. The average Bonchev–Trinajstić information content (AvgIpc) is 2.31. The maximum atomic E-state index is 12.5. The number of aliphatic hydroxyl groups is 1. The number of urea groups is 1. The number of rotatable bonds is 4. The van der Waals surface area contributed by atoms with Gasteiger partial charge in [-0.15, -0.1) is 0 Å². The first kappa shape index (κ1) is 21.7. The monoisotopic (exact) mass is 372 g/mol. The second kappa shape index (κ2) is 6.13. The van der Waals surface area contributed by atoms with Crippen molar-refractivity contribution < 1.29 is 9.90 Å². The van der Waals surface area contributed by atoms with Crippen LogP contribution < -0.4 is 11.1 Å². The molecule has 0 spiro atoms. The fraction of sp³-hybridized carbons (Fsp3) is 0.944. The third kappa shape index (κ3) is 3.10. The molecule has 0 aromatic carbocycles. The molecule has 6 heteroatoms. The Balaban J connectivity index is 3.52. The number of carbonyl (C=O) groups is 1. The van der Waals surface area contributed by atoms with Gasteiger partial charge in [0.05, 0.1) is 21.0 Å². The maximum Gasteiger partial charge on any atom is 0.312 e. The summed E-state index contributed by atoms with van der Waals surface area (Å²) in [5.74, 6) is 0.117. The van der Waals surface area contributed by atoms with Gasteiger partial charge >= 0.3 is 6.03 Å². The molecule has 2 amide bonds. The lowest BCUT2D eigenvalue weighted by Gasteiger charge is -2.65. The Labute approximate surface area is 151 Å². The predicted octanol–water partition coefficient (Wildman–Crippen LogP) is 4.26. The molecule has 2 unspecified atom stereocenters. The van der Waals surface area contributed by atoms with Crippen molar-refractivity contribution in [2.24, 2.45) is 11.7 Å². The minimum Gasteiger partial charge on any atom is -0.396 e. The number of nitrogens with two attached hydrogens (primary N) is 1. The van der Waals surface area contributed by atoms with Crippen molar-refractivity contribution in [2.45, 2.75) is 102 Å². The summed E-state index contributed by atoms with van der Waals surface area (Å²) in [4.78, 5) is 10.7. The fourth-order valence-electron chi connectivity index (χ4n) is 4.21. The van der Waals surface area contributed by atoms with Crippen LogP contribution in [0.25, 0.3) is 0 Å². The zero-order chi connectivity index (χ0) is 19.4. The van der Waals surface area contributed by atoms with Gasteiger partial charge < -0.3 is 16.2 Å². The number of primary amides is 1. The second-order valence-electron chi connectivity index (χ2n) is 10.8. The Kier molecular flexibility index (Phi) is 5.54. The fourth-order valence-corrected chi connectivity index (χ4v) is 17.5. The van der Waals surface area contributed by atoms with Crippen molar-refractivity contribution in [3.63, 3.8) is 0 Å². The largest absolute Gasteiger partial charge is 0.396 e. The molecule has 142 valence electrons. The van der Waals surface area contributed by atoms with E-state index in [-0.39, 0.29) is 22.0 Å². The molecular formula is C18H40N2O2Si2. The molecule has 0 radical (unpaired) electrons. The van der Waals surface area contributed by atoms with E-state index in [9.17, 15) is 9.90 Å². The van der Waals surface area contributed by atoms with Crippen LogP contribution in [-0.2, 0) is 0 Å². The van der Waals surface area contributed by atoms with Gasteiger partial charge in [-0.3, -0.25) is 0 Å². The summed E-state index contributed by atoms with van der Waals surface area (Å²) in [6.45, 7) is 23.0. The van der Waals surface area contributed by atoms with Crippen LogP contribution in [0.4, 0.5) is 4.79 Å². The lowest BCUT2D eigenvalue weighted by Crippen LogP contribution is -2.80. The molecule has 0 heterocycles. The van der Waals surface area contributed by atoms with Crippen LogP contribution in [0.3, 0.4) is 0 Å². The van der Waals surface area contributed by atoms with Gasteiger partial charge in [0.2, 0.25) is 0 Å². The zero-order valence-electron chi connectivity index (χ0n) is 17.5. The highest BCUT2D eigenvalue weighted by Gasteiger charge is 2.68. The molecule has 4 N–H and O–H groups in total. The molecule has 2 atom stereocenters. The van der Waals surface area contributed by atoms with Crippen LogP contribution in [0, 0.1) is 5.92 Å². The molecule has 0 aromatic heterocycles. The third-order valence-electron chi connectivity index (χ3n) is 7.79. The molecule has 0 bridgehead atoms. The number of hydrogen-bond donors (Lipinski definition) is 3. The number of hydrogen-bond acceptors (Lipinski definition) is 2. The molecule has 24 heavy (non-hydrogen) atoms. The van der Waals surface area contributed by atoms with Gasteiger partial charge in [-0.1, -0.05) is 67.7 Å². The normalized spacial score (nSPS) is 23.6. The Morgan fingerprint density at radius 1 is 0.958 bits per heavy atom. The van der Waals surface area contributed by atoms with E-state index in [1.54, 1.807) is 0 Å². The topological polar surface area (TPSA) is 75.3 Å². The van der Waals surface area contributed by atoms with Gasteiger partial charge in [-0.25, -0.2) is 4.79 Å².